The number of nitrogens with two attached hydrogens (primary N) is 1. The number of aryl methyl sites for hydroxylation is 2. The van der Waals surface area contributed by atoms with E-state index in [-0.39, 0.29) is 19.0 Å². The molecule has 0 radical (unpaired) electrons. The molecule has 1 fully saturated rings. The lowest BCUT2D eigenvalue weighted by Gasteiger charge is -2.34. The van der Waals surface area contributed by atoms with Crippen LogP contribution in [0, 0.1) is 13.8 Å². The van der Waals surface area contributed by atoms with E-state index in [4.69, 9.17) is 5.73 Å². The van der Waals surface area contributed by atoms with E-state index in [9.17, 15) is 13.2 Å². The number of rotatable bonds is 3. The maximum Gasteiger partial charge on any atom is 0.253 e. The normalized spacial score (nSPS) is 15.8. The third kappa shape index (κ3) is 3.59. The van der Waals surface area contributed by atoms with Crippen molar-refractivity contribution in [1.29, 1.82) is 0 Å². The van der Waals surface area contributed by atoms with Gasteiger partial charge in [-0.15, -0.1) is 0 Å². The molecule has 1 heterocycles. The summed E-state index contributed by atoms with van der Waals surface area (Å²) in [5.74, 6) is -0.103. The number of sulfonamides is 1. The molecule has 0 aromatic heterocycles. The molecule has 1 saturated heterocycles. The molecule has 0 atom stereocenters. The van der Waals surface area contributed by atoms with Gasteiger partial charge >= 0.3 is 0 Å². The third-order valence-corrected chi connectivity index (χ3v) is 6.69. The summed E-state index contributed by atoms with van der Waals surface area (Å²) >= 11 is 0. The zero-order valence-electron chi connectivity index (χ0n) is 15.0. The molecule has 0 unspecified atom stereocenters. The average Bonchev–Trinajstić information content (AvgIpc) is 2.64. The molecule has 26 heavy (non-hydrogen) atoms. The summed E-state index contributed by atoms with van der Waals surface area (Å²) in [6.45, 7) is 5.16. The van der Waals surface area contributed by atoms with Crippen LogP contribution in [0.5, 0.6) is 0 Å². The first-order chi connectivity index (χ1) is 12.3. The molecular weight excluding hydrogens is 350 g/mol. The van der Waals surface area contributed by atoms with Crippen LogP contribution >= 0.6 is 0 Å². The summed E-state index contributed by atoms with van der Waals surface area (Å²) in [6.07, 6.45) is 0. The largest absolute Gasteiger partial charge is 0.399 e. The molecule has 0 aliphatic carbocycles. The van der Waals surface area contributed by atoms with E-state index in [1.54, 1.807) is 41.3 Å². The molecule has 1 aliphatic heterocycles. The maximum absolute atomic E-state index is 12.8. The van der Waals surface area contributed by atoms with E-state index in [1.165, 1.54) is 4.31 Å². The van der Waals surface area contributed by atoms with Gasteiger partial charge in [0.05, 0.1) is 4.90 Å². The predicted molar refractivity (Wildman–Crippen MR) is 101 cm³/mol. The lowest BCUT2D eigenvalue weighted by Crippen LogP contribution is -2.50. The highest BCUT2D eigenvalue weighted by Crippen LogP contribution is 2.21. The van der Waals surface area contributed by atoms with Crippen LogP contribution in [0.3, 0.4) is 0 Å². The van der Waals surface area contributed by atoms with Crippen molar-refractivity contribution in [2.45, 2.75) is 18.7 Å². The fourth-order valence-corrected chi connectivity index (χ4v) is 4.47. The molecule has 7 heteroatoms. The Morgan fingerprint density at radius 2 is 1.54 bits per heavy atom. The summed E-state index contributed by atoms with van der Waals surface area (Å²) in [4.78, 5) is 14.5. The van der Waals surface area contributed by atoms with Crippen LogP contribution in [-0.4, -0.2) is 49.7 Å². The number of piperazine rings is 1. The lowest BCUT2D eigenvalue weighted by atomic mass is 10.1. The highest BCUT2D eigenvalue weighted by molar-refractivity contribution is 7.89. The lowest BCUT2D eigenvalue weighted by molar-refractivity contribution is 0.0698. The first-order valence-electron chi connectivity index (χ1n) is 8.51. The summed E-state index contributed by atoms with van der Waals surface area (Å²) < 4.78 is 27.1. The molecular formula is C19H23N3O3S. The Hall–Kier alpha value is -2.38. The molecule has 0 bridgehead atoms. The van der Waals surface area contributed by atoms with E-state index in [0.717, 1.165) is 11.1 Å². The van der Waals surface area contributed by atoms with Crippen LogP contribution in [0.4, 0.5) is 5.69 Å². The Labute approximate surface area is 154 Å². The summed E-state index contributed by atoms with van der Waals surface area (Å²) in [5.41, 5.74) is 8.82. The molecule has 2 N–H and O–H groups in total. The number of amides is 1. The number of carbonyl (C=O) groups is 1. The van der Waals surface area contributed by atoms with Crippen LogP contribution in [0.25, 0.3) is 0 Å². The fraction of sp³-hybridized carbons (Fsp3) is 0.316. The molecule has 1 amide bonds. The highest BCUT2D eigenvalue weighted by Gasteiger charge is 2.30. The Morgan fingerprint density at radius 3 is 2.12 bits per heavy atom. The Morgan fingerprint density at radius 1 is 0.923 bits per heavy atom. The Bertz CT molecular complexity index is 916. The molecule has 0 spiro atoms. The Balaban J connectivity index is 1.70. The van der Waals surface area contributed by atoms with E-state index < -0.39 is 10.0 Å². The molecule has 3 rings (SSSR count). The maximum atomic E-state index is 12.8. The zero-order valence-corrected chi connectivity index (χ0v) is 15.8. The molecule has 0 saturated carbocycles. The number of benzene rings is 2. The van der Waals surface area contributed by atoms with E-state index >= 15 is 0 Å². The van der Waals surface area contributed by atoms with Gasteiger partial charge in [0.25, 0.3) is 5.91 Å². The van der Waals surface area contributed by atoms with Gasteiger partial charge in [-0.3, -0.25) is 4.79 Å². The number of carbonyl (C=O) groups excluding carboxylic acids is 1. The van der Waals surface area contributed by atoms with Gasteiger partial charge in [-0.05, 0) is 61.4 Å². The second-order valence-corrected chi connectivity index (χ2v) is 8.50. The number of anilines is 1. The number of hydrogen-bond acceptors (Lipinski definition) is 4. The van der Waals surface area contributed by atoms with Crippen LogP contribution in [0.1, 0.15) is 21.5 Å². The number of nitrogen functional groups attached to an aromatic ring is 1. The second kappa shape index (κ2) is 7.09. The van der Waals surface area contributed by atoms with Crippen LogP contribution in [0.15, 0.2) is 47.4 Å². The van der Waals surface area contributed by atoms with Gasteiger partial charge in [-0.2, -0.15) is 4.31 Å². The van der Waals surface area contributed by atoms with E-state index in [1.807, 2.05) is 19.9 Å². The minimum atomic E-state index is -3.54. The monoisotopic (exact) mass is 373 g/mol. The second-order valence-electron chi connectivity index (χ2n) is 6.56. The fourth-order valence-electron chi connectivity index (χ4n) is 2.96. The van der Waals surface area contributed by atoms with Crippen LogP contribution in [0.2, 0.25) is 0 Å². The van der Waals surface area contributed by atoms with Crippen molar-refractivity contribution in [2.24, 2.45) is 0 Å². The zero-order chi connectivity index (χ0) is 18.9. The average molecular weight is 373 g/mol. The van der Waals surface area contributed by atoms with Crippen molar-refractivity contribution >= 4 is 21.6 Å². The molecule has 1 aliphatic rings. The van der Waals surface area contributed by atoms with Gasteiger partial charge in [0, 0.05) is 37.4 Å². The van der Waals surface area contributed by atoms with Crippen LogP contribution < -0.4 is 5.73 Å². The quantitative estimate of drug-likeness (QED) is 0.835. The molecule has 138 valence electrons. The summed E-state index contributed by atoms with van der Waals surface area (Å²) in [6, 6.07) is 11.9. The van der Waals surface area contributed by atoms with Gasteiger partial charge in [0.1, 0.15) is 0 Å². The minimum absolute atomic E-state index is 0.103. The van der Waals surface area contributed by atoms with Gasteiger partial charge < -0.3 is 10.6 Å². The minimum Gasteiger partial charge on any atom is -0.399 e. The van der Waals surface area contributed by atoms with Gasteiger partial charge in [-0.1, -0.05) is 6.07 Å². The topological polar surface area (TPSA) is 83.7 Å². The molecule has 2 aromatic rings. The van der Waals surface area contributed by atoms with Gasteiger partial charge in [-0.25, -0.2) is 8.42 Å². The van der Waals surface area contributed by atoms with Gasteiger partial charge in [0.2, 0.25) is 10.0 Å². The smallest absolute Gasteiger partial charge is 0.253 e. The van der Waals surface area contributed by atoms with Crippen molar-refractivity contribution in [3.05, 3.63) is 59.2 Å². The van der Waals surface area contributed by atoms with Crippen molar-refractivity contribution in [1.82, 2.24) is 9.21 Å². The van der Waals surface area contributed by atoms with Crippen LogP contribution in [-0.2, 0) is 10.0 Å². The first-order valence-corrected chi connectivity index (χ1v) is 9.95. The first kappa shape index (κ1) is 18.4. The van der Waals surface area contributed by atoms with Crippen molar-refractivity contribution < 1.29 is 13.2 Å². The van der Waals surface area contributed by atoms with Crippen molar-refractivity contribution in [2.75, 3.05) is 31.9 Å². The third-order valence-electron chi connectivity index (χ3n) is 4.80. The molecule has 2 aromatic carbocycles. The Kier molecular flexibility index (Phi) is 5.02. The van der Waals surface area contributed by atoms with Crippen molar-refractivity contribution in [3.8, 4) is 0 Å². The van der Waals surface area contributed by atoms with Gasteiger partial charge in [0.15, 0.2) is 0 Å². The summed E-state index contributed by atoms with van der Waals surface area (Å²) in [5, 5.41) is 0. The predicted octanol–water partition coefficient (Wildman–Crippen LogP) is 2.03. The number of hydrogen-bond donors (Lipinski definition) is 1. The number of nitrogens with zero attached hydrogens (tertiary/aromatic N) is 2. The summed E-state index contributed by atoms with van der Waals surface area (Å²) in [7, 11) is -3.54. The SMILES string of the molecule is Cc1ccc(S(=O)(=O)N2CCN(C(=O)c3ccc(N)cc3)CC2)cc1C. The van der Waals surface area contributed by atoms with Crippen molar-refractivity contribution in [3.63, 3.8) is 0 Å². The standard InChI is InChI=1S/C19H23N3O3S/c1-14-3-8-18(13-15(14)2)26(24,25)22-11-9-21(10-12-22)19(23)16-4-6-17(20)7-5-16/h3-8,13H,9-12,20H2,1-2H3. The molecule has 6 nitrogen and oxygen atoms in total. The van der Waals surface area contributed by atoms with E-state index in [0.29, 0.717) is 29.2 Å². The van der Waals surface area contributed by atoms with E-state index in [2.05, 4.69) is 0 Å². The highest BCUT2D eigenvalue weighted by atomic mass is 32.2.